The maximum atomic E-state index is 5.59. The van der Waals surface area contributed by atoms with Crippen LogP contribution in [0.4, 0.5) is 0 Å². The van der Waals surface area contributed by atoms with E-state index in [4.69, 9.17) is 5.84 Å². The third-order valence-electron chi connectivity index (χ3n) is 2.28. The van der Waals surface area contributed by atoms with E-state index in [0.717, 1.165) is 21.5 Å². The maximum Gasteiger partial charge on any atom is 0.0773 e. The maximum absolute atomic E-state index is 5.59. The minimum Gasteiger partial charge on any atom is -0.271 e. The van der Waals surface area contributed by atoms with Crippen LogP contribution in [0.2, 0.25) is 0 Å². The highest BCUT2D eigenvalue weighted by Gasteiger charge is 2.18. The van der Waals surface area contributed by atoms with Crippen molar-refractivity contribution in [1.82, 2.24) is 15.0 Å². The summed E-state index contributed by atoms with van der Waals surface area (Å²) in [5, 5.41) is 6.06. The Bertz CT molecular complexity index is 468. The molecule has 0 aliphatic heterocycles. The second kappa shape index (κ2) is 5.33. The van der Waals surface area contributed by atoms with Gasteiger partial charge in [-0.1, -0.05) is 4.49 Å². The van der Waals surface area contributed by atoms with Crippen molar-refractivity contribution in [3.63, 3.8) is 0 Å². The molecule has 86 valence electrons. The first-order valence-corrected chi connectivity index (χ1v) is 7.13. The van der Waals surface area contributed by atoms with Crippen LogP contribution in [0.1, 0.15) is 21.5 Å². The van der Waals surface area contributed by atoms with Gasteiger partial charge in [0.2, 0.25) is 0 Å². The second-order valence-electron chi connectivity index (χ2n) is 3.34. The number of hydrazine groups is 1. The van der Waals surface area contributed by atoms with E-state index in [1.54, 1.807) is 11.3 Å². The Hall–Kier alpha value is -0.340. The van der Waals surface area contributed by atoms with E-state index in [9.17, 15) is 0 Å². The molecule has 16 heavy (non-hydrogen) atoms. The number of hydrogen-bond acceptors (Lipinski definition) is 6. The molecule has 0 bridgehead atoms. The van der Waals surface area contributed by atoms with Crippen LogP contribution in [0.3, 0.4) is 0 Å². The summed E-state index contributed by atoms with van der Waals surface area (Å²) in [5.74, 6) is 5.59. The molecule has 0 saturated carbocycles. The number of nitrogens with one attached hydrogen (secondary N) is 1. The monoisotopic (exact) mass is 318 g/mol. The van der Waals surface area contributed by atoms with Crippen LogP contribution < -0.4 is 11.3 Å². The summed E-state index contributed by atoms with van der Waals surface area (Å²) in [6.07, 6.45) is 0.847. The Morgan fingerprint density at radius 3 is 2.94 bits per heavy atom. The van der Waals surface area contributed by atoms with Gasteiger partial charge in [-0.25, -0.2) is 0 Å². The molecule has 2 aromatic heterocycles. The molecule has 2 rings (SSSR count). The molecule has 4 nitrogen and oxygen atoms in total. The number of halogens is 1. The van der Waals surface area contributed by atoms with E-state index in [1.165, 1.54) is 16.4 Å². The van der Waals surface area contributed by atoms with Crippen molar-refractivity contribution in [2.75, 3.05) is 0 Å². The molecule has 0 aromatic carbocycles. The number of nitrogens with zero attached hydrogens (tertiary/aromatic N) is 2. The highest BCUT2D eigenvalue weighted by Crippen LogP contribution is 2.29. The molecule has 0 fully saturated rings. The largest absolute Gasteiger partial charge is 0.271 e. The van der Waals surface area contributed by atoms with Crippen LogP contribution in [0.5, 0.6) is 0 Å². The summed E-state index contributed by atoms with van der Waals surface area (Å²) < 4.78 is 5.06. The molecule has 7 heteroatoms. The lowest BCUT2D eigenvalue weighted by Gasteiger charge is -2.13. The molecule has 0 aliphatic carbocycles. The van der Waals surface area contributed by atoms with E-state index in [2.05, 4.69) is 36.3 Å². The summed E-state index contributed by atoms with van der Waals surface area (Å²) in [4.78, 5) is 2.37. The molecular formula is C9H11BrN4S2. The quantitative estimate of drug-likeness (QED) is 0.671. The first-order chi connectivity index (χ1) is 7.72. The van der Waals surface area contributed by atoms with Gasteiger partial charge in [0.05, 0.1) is 16.6 Å². The predicted molar refractivity (Wildman–Crippen MR) is 70.4 cm³/mol. The topological polar surface area (TPSA) is 63.8 Å². The molecule has 0 radical (unpaired) electrons. The summed E-state index contributed by atoms with van der Waals surface area (Å²) in [5.41, 5.74) is 3.77. The van der Waals surface area contributed by atoms with Crippen LogP contribution >= 0.6 is 38.8 Å². The Kier molecular flexibility index (Phi) is 4.04. The van der Waals surface area contributed by atoms with E-state index in [0.29, 0.717) is 0 Å². The first kappa shape index (κ1) is 12.1. The zero-order valence-corrected chi connectivity index (χ0v) is 11.8. The van der Waals surface area contributed by atoms with Gasteiger partial charge in [-0.2, -0.15) is 0 Å². The number of thiophene rings is 1. The van der Waals surface area contributed by atoms with Crippen molar-refractivity contribution in [3.05, 3.63) is 31.4 Å². The van der Waals surface area contributed by atoms with Crippen molar-refractivity contribution in [2.45, 2.75) is 19.4 Å². The zero-order valence-electron chi connectivity index (χ0n) is 8.61. The smallest absolute Gasteiger partial charge is 0.0773 e. The molecule has 0 spiro atoms. The standard InChI is InChI=1S/C9H11BrN4S2/c1-5-9(16-14-13-5)7(12-11)4-8-6(10)2-3-15-8/h2-3,7,12H,4,11H2,1H3. The van der Waals surface area contributed by atoms with Gasteiger partial charge in [0, 0.05) is 15.8 Å². The van der Waals surface area contributed by atoms with Gasteiger partial charge < -0.3 is 0 Å². The molecule has 2 aromatic rings. The number of hydrogen-bond donors (Lipinski definition) is 2. The Labute approximate surface area is 110 Å². The molecule has 1 atom stereocenters. The fourth-order valence-electron chi connectivity index (χ4n) is 1.44. The van der Waals surface area contributed by atoms with Gasteiger partial charge in [-0.05, 0) is 45.8 Å². The van der Waals surface area contributed by atoms with Crippen molar-refractivity contribution in [2.24, 2.45) is 5.84 Å². The first-order valence-electron chi connectivity index (χ1n) is 4.69. The third kappa shape index (κ3) is 2.49. The van der Waals surface area contributed by atoms with Gasteiger partial charge in [-0.3, -0.25) is 11.3 Å². The summed E-state index contributed by atoms with van der Waals surface area (Å²) in [6, 6.07) is 2.13. The predicted octanol–water partition coefficient (Wildman–Crippen LogP) is 2.42. The molecular weight excluding hydrogens is 308 g/mol. The van der Waals surface area contributed by atoms with Gasteiger partial charge in [-0.15, -0.1) is 16.4 Å². The van der Waals surface area contributed by atoms with E-state index < -0.39 is 0 Å². The fourth-order valence-corrected chi connectivity index (χ4v) is 3.70. The van der Waals surface area contributed by atoms with Crippen molar-refractivity contribution in [3.8, 4) is 0 Å². The molecule has 2 heterocycles. The number of rotatable bonds is 4. The molecule has 0 amide bonds. The molecule has 3 N–H and O–H groups in total. The molecule has 0 aliphatic rings. The van der Waals surface area contributed by atoms with Crippen molar-refractivity contribution >= 4 is 38.8 Å². The van der Waals surface area contributed by atoms with Crippen LogP contribution in [0, 0.1) is 6.92 Å². The fraction of sp³-hybridized carbons (Fsp3) is 0.333. The van der Waals surface area contributed by atoms with Crippen LogP contribution in [0.25, 0.3) is 0 Å². The van der Waals surface area contributed by atoms with Gasteiger partial charge in [0.25, 0.3) is 0 Å². The normalized spacial score (nSPS) is 12.9. The lowest BCUT2D eigenvalue weighted by Crippen LogP contribution is -2.29. The highest BCUT2D eigenvalue weighted by molar-refractivity contribution is 9.10. The average molecular weight is 319 g/mol. The van der Waals surface area contributed by atoms with Crippen LogP contribution in [-0.2, 0) is 6.42 Å². The van der Waals surface area contributed by atoms with Crippen molar-refractivity contribution < 1.29 is 0 Å². The average Bonchev–Trinajstić information content (AvgIpc) is 2.85. The lowest BCUT2D eigenvalue weighted by atomic mass is 10.1. The van der Waals surface area contributed by atoms with Crippen LogP contribution in [-0.4, -0.2) is 9.59 Å². The number of aromatic nitrogens is 2. The number of aryl methyl sites for hydroxylation is 1. The number of nitrogens with two attached hydrogens (primary N) is 1. The minimum absolute atomic E-state index is 0.0787. The zero-order chi connectivity index (χ0) is 11.5. The Morgan fingerprint density at radius 1 is 1.62 bits per heavy atom. The summed E-state index contributed by atoms with van der Waals surface area (Å²) in [6.45, 7) is 1.95. The second-order valence-corrected chi connectivity index (χ2v) is 5.98. The van der Waals surface area contributed by atoms with E-state index in [-0.39, 0.29) is 6.04 Å². The minimum atomic E-state index is 0.0787. The molecule has 0 saturated heterocycles. The highest BCUT2D eigenvalue weighted by atomic mass is 79.9. The third-order valence-corrected chi connectivity index (χ3v) is 5.17. The summed E-state index contributed by atoms with van der Waals surface area (Å²) in [7, 11) is 0. The van der Waals surface area contributed by atoms with E-state index in [1.807, 2.05) is 13.0 Å². The van der Waals surface area contributed by atoms with Crippen LogP contribution in [0.15, 0.2) is 15.9 Å². The molecule has 1 unspecified atom stereocenters. The Morgan fingerprint density at radius 2 is 2.44 bits per heavy atom. The lowest BCUT2D eigenvalue weighted by molar-refractivity contribution is 0.560. The van der Waals surface area contributed by atoms with Gasteiger partial charge in [0.15, 0.2) is 0 Å². The van der Waals surface area contributed by atoms with Gasteiger partial charge >= 0.3 is 0 Å². The summed E-state index contributed by atoms with van der Waals surface area (Å²) >= 11 is 6.63. The van der Waals surface area contributed by atoms with E-state index >= 15 is 0 Å². The Balaban J connectivity index is 2.19. The van der Waals surface area contributed by atoms with Gasteiger partial charge in [0.1, 0.15) is 0 Å². The van der Waals surface area contributed by atoms with Crippen molar-refractivity contribution in [1.29, 1.82) is 0 Å². The SMILES string of the molecule is Cc1nnsc1C(Cc1sccc1Br)NN.